The molecule has 4 aliphatic rings. The maximum Gasteiger partial charge on any atom is 0.297 e. The topological polar surface area (TPSA) is 43.4 Å². The molecule has 8 atom stereocenters. The van der Waals surface area contributed by atoms with Crippen molar-refractivity contribution in [3.8, 4) is 0 Å². The monoisotopic (exact) mass is 540 g/mol. The zero-order chi connectivity index (χ0) is 27.3. The van der Waals surface area contributed by atoms with Gasteiger partial charge in [-0.25, -0.2) is 0 Å². The fraction of sp³-hybridized carbons (Fsp3) is 0.765. The summed E-state index contributed by atoms with van der Waals surface area (Å²) >= 11 is 0. The number of aryl methyl sites for hydroxylation is 1. The van der Waals surface area contributed by atoms with E-state index in [1.165, 1.54) is 44.9 Å². The van der Waals surface area contributed by atoms with Crippen molar-refractivity contribution in [3.05, 3.63) is 41.5 Å². The van der Waals surface area contributed by atoms with Crippen LogP contribution in [-0.4, -0.2) is 14.5 Å². The Bertz CT molecular complexity index is 1120. The molecule has 0 spiro atoms. The zero-order valence-electron chi connectivity index (χ0n) is 24.8. The summed E-state index contributed by atoms with van der Waals surface area (Å²) in [5.74, 6) is 4.45. The van der Waals surface area contributed by atoms with Gasteiger partial charge >= 0.3 is 0 Å². The zero-order valence-corrected chi connectivity index (χ0v) is 25.7. The molecule has 4 heteroatoms. The van der Waals surface area contributed by atoms with Gasteiger partial charge in [0.05, 0.1) is 11.0 Å². The van der Waals surface area contributed by atoms with Gasteiger partial charge in [0.15, 0.2) is 0 Å². The average molecular weight is 541 g/mol. The van der Waals surface area contributed by atoms with Gasteiger partial charge in [-0.3, -0.25) is 4.18 Å². The average Bonchev–Trinajstić information content (AvgIpc) is 3.21. The Balaban J connectivity index is 1.27. The van der Waals surface area contributed by atoms with E-state index in [1.54, 1.807) is 17.7 Å². The minimum atomic E-state index is -3.72. The molecule has 3 saturated carbocycles. The van der Waals surface area contributed by atoms with Crippen molar-refractivity contribution in [3.63, 3.8) is 0 Å². The molecule has 3 nitrogen and oxygen atoms in total. The molecule has 0 unspecified atom stereocenters. The highest BCUT2D eigenvalue weighted by Gasteiger charge is 2.58. The first-order valence-electron chi connectivity index (χ1n) is 15.6. The molecule has 0 aliphatic heterocycles. The van der Waals surface area contributed by atoms with Gasteiger partial charge in [-0.15, -0.1) is 0 Å². The van der Waals surface area contributed by atoms with Gasteiger partial charge in [-0.2, -0.15) is 8.42 Å². The highest BCUT2D eigenvalue weighted by Crippen LogP contribution is 2.67. The Hall–Kier alpha value is -1.13. The first-order chi connectivity index (χ1) is 17.9. The van der Waals surface area contributed by atoms with Crippen LogP contribution in [0.4, 0.5) is 0 Å². The van der Waals surface area contributed by atoms with Crippen LogP contribution in [0.15, 0.2) is 40.8 Å². The fourth-order valence-electron chi connectivity index (χ4n) is 9.52. The van der Waals surface area contributed by atoms with Crippen LogP contribution < -0.4 is 0 Å². The molecular formula is C34H52O3S. The quantitative estimate of drug-likeness (QED) is 0.244. The van der Waals surface area contributed by atoms with Gasteiger partial charge in [0, 0.05) is 0 Å². The second kappa shape index (κ2) is 10.7. The minimum Gasteiger partial charge on any atom is -0.263 e. The van der Waals surface area contributed by atoms with Gasteiger partial charge in [0.2, 0.25) is 0 Å². The summed E-state index contributed by atoms with van der Waals surface area (Å²) in [6.07, 6.45) is 15.9. The molecule has 0 amide bonds. The van der Waals surface area contributed by atoms with Crippen LogP contribution in [0.2, 0.25) is 0 Å². The van der Waals surface area contributed by atoms with E-state index in [1.807, 2.05) is 19.1 Å². The molecule has 0 N–H and O–H groups in total. The summed E-state index contributed by atoms with van der Waals surface area (Å²) < 4.78 is 31.8. The molecule has 38 heavy (non-hydrogen) atoms. The van der Waals surface area contributed by atoms with Crippen LogP contribution in [-0.2, 0) is 14.3 Å². The maximum atomic E-state index is 13.0. The van der Waals surface area contributed by atoms with Crippen LogP contribution in [0, 0.1) is 53.3 Å². The van der Waals surface area contributed by atoms with Gasteiger partial charge in [0.25, 0.3) is 10.1 Å². The number of fused-ring (bicyclic) bond motifs is 5. The number of benzene rings is 1. The molecule has 0 heterocycles. The molecule has 0 bridgehead atoms. The van der Waals surface area contributed by atoms with Crippen molar-refractivity contribution in [1.82, 2.24) is 0 Å². The van der Waals surface area contributed by atoms with E-state index >= 15 is 0 Å². The summed E-state index contributed by atoms with van der Waals surface area (Å²) in [5, 5.41) is 0. The summed E-state index contributed by atoms with van der Waals surface area (Å²) in [6, 6.07) is 7.04. The third-order valence-electron chi connectivity index (χ3n) is 11.8. The molecule has 0 saturated heterocycles. The van der Waals surface area contributed by atoms with E-state index in [4.69, 9.17) is 4.18 Å². The van der Waals surface area contributed by atoms with Crippen LogP contribution in [0.1, 0.15) is 111 Å². The molecule has 0 radical (unpaired) electrons. The Labute approximate surface area is 233 Å². The summed E-state index contributed by atoms with van der Waals surface area (Å²) in [6.45, 7) is 14.4. The molecule has 1 aromatic rings. The predicted octanol–water partition coefficient (Wildman–Crippen LogP) is 9.11. The van der Waals surface area contributed by atoms with Gasteiger partial charge in [-0.1, -0.05) is 83.2 Å². The Morgan fingerprint density at radius 3 is 2.32 bits per heavy atom. The minimum absolute atomic E-state index is 0.203. The van der Waals surface area contributed by atoms with Crippen molar-refractivity contribution in [2.24, 2.45) is 46.3 Å². The van der Waals surface area contributed by atoms with Crippen molar-refractivity contribution in [2.75, 3.05) is 0 Å². The van der Waals surface area contributed by atoms with E-state index in [0.717, 1.165) is 54.9 Å². The lowest BCUT2D eigenvalue weighted by molar-refractivity contribution is -0.0355. The number of hydrogen-bond donors (Lipinski definition) is 0. The number of allylic oxidation sites excluding steroid dienone is 2. The van der Waals surface area contributed by atoms with Gasteiger partial charge in [0.1, 0.15) is 0 Å². The van der Waals surface area contributed by atoms with Crippen LogP contribution >= 0.6 is 0 Å². The summed E-state index contributed by atoms with van der Waals surface area (Å²) in [4.78, 5) is 0.281. The summed E-state index contributed by atoms with van der Waals surface area (Å²) in [5.41, 5.74) is 3.59. The number of rotatable bonds is 8. The molecule has 212 valence electrons. The SMILES string of the molecule is Cc1ccc(S(=O)(=O)O[C@@H]2CC[C@@]3(C)[C@@H](CC=C4[C@H]3CC[C@]3(C)[C@H]4CC[C@H]3[C@H](C)CCCC(C)C)C2)cc1. The lowest BCUT2D eigenvalue weighted by Gasteiger charge is -2.58. The Kier molecular flexibility index (Phi) is 7.99. The van der Waals surface area contributed by atoms with Gasteiger partial charge < -0.3 is 0 Å². The Morgan fingerprint density at radius 1 is 0.921 bits per heavy atom. The van der Waals surface area contributed by atoms with Crippen molar-refractivity contribution < 1.29 is 12.6 Å². The summed E-state index contributed by atoms with van der Waals surface area (Å²) in [7, 11) is -3.72. The normalized spacial score (nSPS) is 37.8. The second-order valence-corrected chi connectivity index (χ2v) is 16.1. The van der Waals surface area contributed by atoms with Crippen molar-refractivity contribution in [2.45, 2.75) is 123 Å². The van der Waals surface area contributed by atoms with E-state index in [-0.39, 0.29) is 16.4 Å². The van der Waals surface area contributed by atoms with Crippen LogP contribution in [0.5, 0.6) is 0 Å². The highest BCUT2D eigenvalue weighted by atomic mass is 32.2. The van der Waals surface area contributed by atoms with E-state index in [0.29, 0.717) is 17.3 Å². The molecule has 4 aliphatic carbocycles. The largest absolute Gasteiger partial charge is 0.297 e. The predicted molar refractivity (Wildman–Crippen MR) is 156 cm³/mol. The smallest absolute Gasteiger partial charge is 0.263 e. The van der Waals surface area contributed by atoms with Gasteiger partial charge in [-0.05, 0) is 117 Å². The molecule has 3 fully saturated rings. The molecular weight excluding hydrogens is 488 g/mol. The van der Waals surface area contributed by atoms with Crippen LogP contribution in [0.3, 0.4) is 0 Å². The number of hydrogen-bond acceptors (Lipinski definition) is 3. The van der Waals surface area contributed by atoms with Crippen LogP contribution in [0.25, 0.3) is 0 Å². The first-order valence-corrected chi connectivity index (χ1v) is 17.0. The third kappa shape index (κ3) is 5.18. The lowest BCUT2D eigenvalue weighted by atomic mass is 9.47. The Morgan fingerprint density at radius 2 is 1.61 bits per heavy atom. The first kappa shape index (κ1) is 28.4. The standard InChI is InChI=1S/C34H52O3S/c1-23(2)8-7-9-25(4)30-16-17-31-29-15-12-26-22-27(37-38(35,36)28-13-10-24(3)11-14-28)18-20-33(26,5)32(29)19-21-34(30,31)6/h10-11,13-15,23,25-27,30-32H,7-9,12,16-22H2,1-6H3/t25-,26+,27-,30+,31+,32-,33+,34+/m1/s1. The second-order valence-electron chi connectivity index (χ2n) is 14.5. The van der Waals surface area contributed by atoms with Crippen molar-refractivity contribution >= 4 is 10.1 Å². The van der Waals surface area contributed by atoms with E-state index in [9.17, 15) is 8.42 Å². The van der Waals surface area contributed by atoms with Crippen molar-refractivity contribution in [1.29, 1.82) is 0 Å². The molecule has 1 aromatic carbocycles. The lowest BCUT2D eigenvalue weighted by Crippen LogP contribution is -2.50. The molecule has 5 rings (SSSR count). The maximum absolute atomic E-state index is 13.0. The van der Waals surface area contributed by atoms with E-state index in [2.05, 4.69) is 40.7 Å². The van der Waals surface area contributed by atoms with E-state index < -0.39 is 10.1 Å². The molecule has 0 aromatic heterocycles. The third-order valence-corrected chi connectivity index (χ3v) is 13.2. The highest BCUT2D eigenvalue weighted by molar-refractivity contribution is 7.86. The fourth-order valence-corrected chi connectivity index (χ4v) is 10.6.